The van der Waals surface area contributed by atoms with Gasteiger partial charge in [0.15, 0.2) is 5.69 Å². The summed E-state index contributed by atoms with van der Waals surface area (Å²) in [6, 6.07) is 15.0. The molecular weight excluding hydrogens is 658 g/mol. The van der Waals surface area contributed by atoms with E-state index in [4.69, 9.17) is 15.9 Å². The number of carbonyl (C=O) groups excluding carboxylic acids is 5. The van der Waals surface area contributed by atoms with E-state index in [2.05, 4.69) is 26.4 Å². The van der Waals surface area contributed by atoms with E-state index in [0.717, 1.165) is 5.56 Å². The first-order valence-corrected chi connectivity index (χ1v) is 15.6. The van der Waals surface area contributed by atoms with Crippen LogP contribution in [0.3, 0.4) is 0 Å². The second-order valence-corrected chi connectivity index (χ2v) is 11.7. The Morgan fingerprint density at radius 3 is 1.67 bits per heavy atom. The molecular formula is C34H37N11O6. The molecule has 17 nitrogen and oxygen atoms in total. The van der Waals surface area contributed by atoms with Crippen LogP contribution in [0.4, 0.5) is 17.1 Å². The molecule has 0 aliphatic carbocycles. The molecule has 0 spiro atoms. The fraction of sp³-hybridized carbons (Fsp3) is 0.206. The number of nitrogens with zero attached hydrogens (tertiary/aromatic N) is 5. The molecule has 5 rings (SSSR count). The predicted molar refractivity (Wildman–Crippen MR) is 188 cm³/mol. The van der Waals surface area contributed by atoms with Gasteiger partial charge in [-0.1, -0.05) is 30.3 Å². The van der Waals surface area contributed by atoms with E-state index in [1.807, 2.05) is 30.3 Å². The number of esters is 1. The Balaban J connectivity index is 1.18. The number of hydrogen-bond donors (Lipinski definition) is 6. The third-order valence-corrected chi connectivity index (χ3v) is 7.70. The van der Waals surface area contributed by atoms with Gasteiger partial charge in [0.05, 0.1) is 22.9 Å². The zero-order chi connectivity index (χ0) is 36.8. The summed E-state index contributed by atoms with van der Waals surface area (Å²) in [6.45, 7) is 0.268. The summed E-state index contributed by atoms with van der Waals surface area (Å²) in [7, 11) is 6.47. The van der Waals surface area contributed by atoms with Gasteiger partial charge in [-0.25, -0.2) is 4.79 Å². The fourth-order valence-corrected chi connectivity index (χ4v) is 5.14. The average Bonchev–Trinajstić information content (AvgIpc) is 3.85. The molecule has 264 valence electrons. The first-order chi connectivity index (χ1) is 24.3. The van der Waals surface area contributed by atoms with Crippen LogP contribution < -0.4 is 27.0 Å². The molecule has 0 fully saturated rings. The molecule has 1 aromatic carbocycles. The summed E-state index contributed by atoms with van der Waals surface area (Å²) >= 11 is 0. The molecule has 0 bridgehead atoms. The van der Waals surface area contributed by atoms with Gasteiger partial charge >= 0.3 is 5.97 Å². The Labute approximate surface area is 291 Å². The minimum atomic E-state index is -0.675. The van der Waals surface area contributed by atoms with Crippen molar-refractivity contribution in [1.82, 2.24) is 28.8 Å². The molecule has 0 aliphatic heterocycles. The number of amidine groups is 1. The monoisotopic (exact) mass is 695 g/mol. The Hall–Kier alpha value is -6.91. The van der Waals surface area contributed by atoms with E-state index in [9.17, 15) is 24.0 Å². The van der Waals surface area contributed by atoms with Crippen LogP contribution in [0.5, 0.6) is 0 Å². The van der Waals surface area contributed by atoms with Crippen LogP contribution in [0.2, 0.25) is 0 Å². The number of hydrogen-bond acceptors (Lipinski definition) is 8. The molecule has 4 heterocycles. The number of rotatable bonds is 13. The molecule has 0 aliphatic rings. The topological polar surface area (TPSA) is 225 Å². The number of aryl methyl sites for hydroxylation is 4. The van der Waals surface area contributed by atoms with E-state index in [0.29, 0.717) is 22.8 Å². The van der Waals surface area contributed by atoms with Gasteiger partial charge in [0, 0.05) is 65.8 Å². The number of ether oxygens (including phenoxy) is 1. The van der Waals surface area contributed by atoms with Crippen molar-refractivity contribution in [2.24, 2.45) is 33.9 Å². The van der Waals surface area contributed by atoms with Crippen molar-refractivity contribution in [3.05, 3.63) is 107 Å². The van der Waals surface area contributed by atoms with E-state index in [1.54, 1.807) is 48.9 Å². The zero-order valence-electron chi connectivity index (χ0n) is 28.3. The minimum absolute atomic E-state index is 0.0268. The number of nitrogens with two attached hydrogens (primary N) is 1. The predicted octanol–water partition coefficient (Wildman–Crippen LogP) is 2.61. The van der Waals surface area contributed by atoms with Gasteiger partial charge < -0.3 is 45.4 Å². The molecule has 0 atom stereocenters. The van der Waals surface area contributed by atoms with Crippen molar-refractivity contribution >= 4 is 52.5 Å². The number of benzene rings is 1. The summed E-state index contributed by atoms with van der Waals surface area (Å²) in [4.78, 5) is 64.4. The summed E-state index contributed by atoms with van der Waals surface area (Å²) in [5.41, 5.74) is 8.03. The highest BCUT2D eigenvalue weighted by molar-refractivity contribution is 6.09. The van der Waals surface area contributed by atoms with E-state index in [-0.39, 0.29) is 54.1 Å². The van der Waals surface area contributed by atoms with E-state index in [1.165, 1.54) is 40.6 Å². The normalized spacial score (nSPS) is 10.7. The van der Waals surface area contributed by atoms with Crippen LogP contribution in [0, 0.1) is 5.41 Å². The maximum atomic E-state index is 13.2. The highest BCUT2D eigenvalue weighted by Gasteiger charge is 2.22. The van der Waals surface area contributed by atoms with Gasteiger partial charge in [0.25, 0.3) is 23.6 Å². The highest BCUT2D eigenvalue weighted by atomic mass is 16.5. The molecule has 4 amide bonds. The maximum absolute atomic E-state index is 13.2. The van der Waals surface area contributed by atoms with Gasteiger partial charge in [-0.2, -0.15) is 5.10 Å². The van der Waals surface area contributed by atoms with Gasteiger partial charge in [-0.05, 0) is 23.8 Å². The van der Waals surface area contributed by atoms with Crippen molar-refractivity contribution in [2.75, 3.05) is 22.5 Å². The highest BCUT2D eigenvalue weighted by Crippen LogP contribution is 2.20. The molecule has 7 N–H and O–H groups in total. The van der Waals surface area contributed by atoms with Gasteiger partial charge in [-0.3, -0.25) is 29.3 Å². The number of carbonyl (C=O) groups is 5. The standard InChI is InChI=1S/C34H37N11O6/c1-42-16-21(12-25(42)30(46)37-11-10-29(35)36)38-31(47)26-13-22(17-43(26)2)39-32(48)27-14-23(18-44(27)3)40-33(49)28-15-24(41-45(28)4)34(50)51-19-20-8-6-5-7-9-20/h5-9,12-18H,10-11,19H2,1-4H3,(H3,35,36)(H,37,46)(H,38,47)(H,39,48)(H,40,49). The van der Waals surface area contributed by atoms with Crippen molar-refractivity contribution in [3.63, 3.8) is 0 Å². The number of amides is 4. The van der Waals surface area contributed by atoms with Gasteiger partial charge in [0.1, 0.15) is 29.4 Å². The Kier molecular flexibility index (Phi) is 10.5. The smallest absolute Gasteiger partial charge is 0.359 e. The third-order valence-electron chi connectivity index (χ3n) is 7.70. The average molecular weight is 696 g/mol. The summed E-state index contributed by atoms with van der Waals surface area (Å²) in [5.74, 6) is -2.62. The largest absolute Gasteiger partial charge is 0.456 e. The van der Waals surface area contributed by atoms with Crippen molar-refractivity contribution < 1.29 is 28.7 Å². The molecule has 0 unspecified atom stereocenters. The lowest BCUT2D eigenvalue weighted by Crippen LogP contribution is -2.28. The Morgan fingerprint density at radius 2 is 1.18 bits per heavy atom. The Morgan fingerprint density at radius 1 is 0.706 bits per heavy atom. The molecule has 51 heavy (non-hydrogen) atoms. The van der Waals surface area contributed by atoms with Crippen LogP contribution in [-0.2, 0) is 39.5 Å². The van der Waals surface area contributed by atoms with Crippen molar-refractivity contribution in [2.45, 2.75) is 13.0 Å². The lowest BCUT2D eigenvalue weighted by Gasteiger charge is -2.04. The van der Waals surface area contributed by atoms with Crippen LogP contribution in [-0.4, -0.2) is 65.5 Å². The van der Waals surface area contributed by atoms with Gasteiger partial charge in [0.2, 0.25) is 0 Å². The molecule has 0 saturated carbocycles. The van der Waals surface area contributed by atoms with Crippen LogP contribution >= 0.6 is 0 Å². The van der Waals surface area contributed by atoms with E-state index >= 15 is 0 Å². The fourth-order valence-electron chi connectivity index (χ4n) is 5.14. The second-order valence-electron chi connectivity index (χ2n) is 11.7. The van der Waals surface area contributed by atoms with Crippen molar-refractivity contribution in [3.8, 4) is 0 Å². The minimum Gasteiger partial charge on any atom is -0.456 e. The number of nitrogens with one attached hydrogen (secondary N) is 5. The van der Waals surface area contributed by atoms with E-state index < -0.39 is 23.7 Å². The lowest BCUT2D eigenvalue weighted by atomic mass is 10.2. The molecule has 5 aromatic rings. The molecule has 0 saturated heterocycles. The quantitative estimate of drug-likeness (QED) is 0.0608. The third kappa shape index (κ3) is 8.58. The summed E-state index contributed by atoms with van der Waals surface area (Å²) in [6.07, 6.45) is 4.93. The SMILES string of the molecule is Cn1cc(NC(=O)c2cc(NC(=O)c3cc(NC(=O)c4cc(C(=O)OCc5ccccc5)nn4C)cn3C)cn2C)cc1C(=O)NCCC(=N)N. The zero-order valence-corrected chi connectivity index (χ0v) is 28.3. The number of anilines is 3. The first kappa shape index (κ1) is 35.4. The Bertz CT molecular complexity index is 2140. The molecule has 17 heteroatoms. The second kappa shape index (κ2) is 15.1. The van der Waals surface area contributed by atoms with Crippen molar-refractivity contribution in [1.29, 1.82) is 5.41 Å². The van der Waals surface area contributed by atoms with Crippen LogP contribution in [0.25, 0.3) is 0 Å². The maximum Gasteiger partial charge on any atom is 0.359 e. The first-order valence-electron chi connectivity index (χ1n) is 15.6. The summed E-state index contributed by atoms with van der Waals surface area (Å²) < 4.78 is 11.2. The summed E-state index contributed by atoms with van der Waals surface area (Å²) in [5, 5.41) is 22.3. The van der Waals surface area contributed by atoms with Gasteiger partial charge in [-0.15, -0.1) is 0 Å². The molecule has 0 radical (unpaired) electrons. The molecule has 4 aromatic heterocycles. The van der Waals surface area contributed by atoms with Crippen LogP contribution in [0.15, 0.2) is 73.2 Å². The lowest BCUT2D eigenvalue weighted by molar-refractivity contribution is 0.0464. The van der Waals surface area contributed by atoms with Crippen LogP contribution in [0.1, 0.15) is 64.4 Å². The number of aromatic nitrogens is 5.